The van der Waals surface area contributed by atoms with Gasteiger partial charge >= 0.3 is 0 Å². The minimum atomic E-state index is -1.24. The summed E-state index contributed by atoms with van der Waals surface area (Å²) < 4.78 is 0. The Morgan fingerprint density at radius 2 is 2.07 bits per heavy atom. The number of hydrogen-bond donors (Lipinski definition) is 1. The Morgan fingerprint density at radius 1 is 1.43 bits per heavy atom. The molecule has 0 aliphatic heterocycles. The van der Waals surface area contributed by atoms with Crippen molar-refractivity contribution in [3.05, 3.63) is 42.0 Å². The third-order valence-electron chi connectivity index (χ3n) is 1.98. The molecule has 0 fully saturated rings. The smallest absolute Gasteiger partial charge is 0.118 e. The predicted molar refractivity (Wildman–Crippen MR) is 50.6 cm³/mol. The van der Waals surface area contributed by atoms with Gasteiger partial charge in [0.2, 0.25) is 0 Å². The lowest BCUT2D eigenvalue weighted by Gasteiger charge is -2.07. The Morgan fingerprint density at radius 3 is 2.64 bits per heavy atom. The Kier molecular flexibility index (Phi) is 3.29. The second kappa shape index (κ2) is 4.46. The number of phenolic OH excluding ortho intramolecular Hbond substituents is 1. The monoisotopic (exact) mass is 191 g/mol. The molecular formula is C11H11O3-. The van der Waals surface area contributed by atoms with Crippen molar-refractivity contribution >= 4 is 5.97 Å². The Labute approximate surface area is 82.3 Å². The number of aliphatic carboxylic acids is 1. The van der Waals surface area contributed by atoms with Crippen LogP contribution in [-0.2, 0) is 11.2 Å². The Balaban J connectivity index is 2.58. The van der Waals surface area contributed by atoms with E-state index in [-0.39, 0.29) is 11.3 Å². The first-order chi connectivity index (χ1) is 6.61. The van der Waals surface area contributed by atoms with Crippen LogP contribution >= 0.6 is 0 Å². The first-order valence-electron chi connectivity index (χ1n) is 4.27. The summed E-state index contributed by atoms with van der Waals surface area (Å²) in [6.45, 7) is 3.36. The van der Waals surface area contributed by atoms with Crippen LogP contribution in [0.4, 0.5) is 0 Å². The highest BCUT2D eigenvalue weighted by molar-refractivity contribution is 5.83. The summed E-state index contributed by atoms with van der Waals surface area (Å²) in [5.41, 5.74) is 0.767. The maximum atomic E-state index is 10.3. The van der Waals surface area contributed by atoms with Crippen molar-refractivity contribution in [2.75, 3.05) is 0 Å². The number of phenols is 1. The van der Waals surface area contributed by atoms with E-state index in [0.717, 1.165) is 5.56 Å². The van der Waals surface area contributed by atoms with Crippen molar-refractivity contribution < 1.29 is 15.0 Å². The summed E-state index contributed by atoms with van der Waals surface area (Å²) in [4.78, 5) is 10.3. The molecule has 1 aromatic carbocycles. The summed E-state index contributed by atoms with van der Waals surface area (Å²) in [7, 11) is 0. The van der Waals surface area contributed by atoms with Crippen molar-refractivity contribution in [3.8, 4) is 5.75 Å². The molecule has 1 rings (SSSR count). The molecule has 0 atom stereocenters. The number of carbonyl (C=O) groups excluding carboxylic acids is 1. The van der Waals surface area contributed by atoms with Gasteiger partial charge in [0.05, 0.1) is 5.97 Å². The SMILES string of the molecule is C=C(CCc1ccccc1O)C(=O)[O-]. The van der Waals surface area contributed by atoms with E-state index in [0.29, 0.717) is 12.8 Å². The van der Waals surface area contributed by atoms with Gasteiger partial charge in [-0.1, -0.05) is 24.8 Å². The zero-order valence-corrected chi connectivity index (χ0v) is 7.69. The topological polar surface area (TPSA) is 60.4 Å². The molecule has 0 unspecified atom stereocenters. The molecule has 74 valence electrons. The average Bonchev–Trinajstić information content (AvgIpc) is 2.16. The minimum absolute atomic E-state index is 0.0493. The zero-order chi connectivity index (χ0) is 10.6. The standard InChI is InChI=1S/C11H12O3/c1-8(11(13)14)6-7-9-4-2-3-5-10(9)12/h2-5,12H,1,6-7H2,(H,13,14)/p-1. The Bertz CT molecular complexity index is 355. The molecule has 0 radical (unpaired) electrons. The highest BCUT2D eigenvalue weighted by atomic mass is 16.4. The molecule has 0 bridgehead atoms. The number of aromatic hydroxyl groups is 1. The predicted octanol–water partition coefficient (Wildman–Crippen LogP) is 0.631. The number of carboxylic acid groups (broad SMARTS) is 1. The largest absolute Gasteiger partial charge is 0.545 e. The van der Waals surface area contributed by atoms with Crippen molar-refractivity contribution in [1.29, 1.82) is 0 Å². The van der Waals surface area contributed by atoms with Crippen LogP contribution in [0.1, 0.15) is 12.0 Å². The van der Waals surface area contributed by atoms with Crippen molar-refractivity contribution in [1.82, 2.24) is 0 Å². The Hall–Kier alpha value is -1.77. The summed E-state index contributed by atoms with van der Waals surface area (Å²) in [6, 6.07) is 6.82. The van der Waals surface area contributed by atoms with Crippen LogP contribution in [0.15, 0.2) is 36.4 Å². The maximum Gasteiger partial charge on any atom is 0.118 e. The molecule has 3 heteroatoms. The van der Waals surface area contributed by atoms with Crippen LogP contribution in [0.2, 0.25) is 0 Å². The molecule has 0 aliphatic carbocycles. The molecule has 3 nitrogen and oxygen atoms in total. The number of carbonyl (C=O) groups is 1. The van der Waals surface area contributed by atoms with Crippen LogP contribution < -0.4 is 5.11 Å². The molecule has 0 saturated carbocycles. The molecule has 0 spiro atoms. The highest BCUT2D eigenvalue weighted by Gasteiger charge is 2.01. The summed E-state index contributed by atoms with van der Waals surface area (Å²) in [5, 5.41) is 19.7. The van der Waals surface area contributed by atoms with Gasteiger partial charge in [0.25, 0.3) is 0 Å². The van der Waals surface area contributed by atoms with E-state index in [4.69, 9.17) is 0 Å². The number of hydrogen-bond acceptors (Lipinski definition) is 3. The van der Waals surface area contributed by atoms with E-state index in [1.165, 1.54) is 0 Å². The number of para-hydroxylation sites is 1. The molecule has 1 N–H and O–H groups in total. The number of benzene rings is 1. The second-order valence-corrected chi connectivity index (χ2v) is 3.02. The van der Waals surface area contributed by atoms with Gasteiger partial charge in [0, 0.05) is 0 Å². The van der Waals surface area contributed by atoms with E-state index >= 15 is 0 Å². The van der Waals surface area contributed by atoms with Crippen LogP contribution in [0, 0.1) is 0 Å². The molecule has 14 heavy (non-hydrogen) atoms. The van der Waals surface area contributed by atoms with Crippen molar-refractivity contribution in [2.45, 2.75) is 12.8 Å². The molecule has 1 aromatic rings. The molecule has 0 aliphatic rings. The third-order valence-corrected chi connectivity index (χ3v) is 1.98. The van der Waals surface area contributed by atoms with Gasteiger partial charge in [-0.25, -0.2) is 0 Å². The average molecular weight is 191 g/mol. The second-order valence-electron chi connectivity index (χ2n) is 3.02. The van der Waals surface area contributed by atoms with Crippen molar-refractivity contribution in [2.24, 2.45) is 0 Å². The fourth-order valence-corrected chi connectivity index (χ4v) is 1.11. The fourth-order valence-electron chi connectivity index (χ4n) is 1.11. The van der Waals surface area contributed by atoms with E-state index in [1.54, 1.807) is 24.3 Å². The fraction of sp³-hybridized carbons (Fsp3) is 0.182. The van der Waals surface area contributed by atoms with Crippen LogP contribution in [-0.4, -0.2) is 11.1 Å². The minimum Gasteiger partial charge on any atom is -0.545 e. The summed E-state index contributed by atoms with van der Waals surface area (Å²) >= 11 is 0. The number of aryl methyl sites for hydroxylation is 1. The van der Waals surface area contributed by atoms with E-state index < -0.39 is 5.97 Å². The lowest BCUT2D eigenvalue weighted by molar-refractivity contribution is -0.299. The highest BCUT2D eigenvalue weighted by Crippen LogP contribution is 2.18. The molecular weight excluding hydrogens is 180 g/mol. The quantitative estimate of drug-likeness (QED) is 0.710. The third kappa shape index (κ3) is 2.62. The van der Waals surface area contributed by atoms with Crippen LogP contribution in [0.3, 0.4) is 0 Å². The first kappa shape index (κ1) is 10.3. The van der Waals surface area contributed by atoms with Gasteiger partial charge < -0.3 is 15.0 Å². The lowest BCUT2D eigenvalue weighted by Crippen LogP contribution is -2.24. The van der Waals surface area contributed by atoms with E-state index in [9.17, 15) is 15.0 Å². The zero-order valence-electron chi connectivity index (χ0n) is 7.69. The first-order valence-corrected chi connectivity index (χ1v) is 4.27. The van der Waals surface area contributed by atoms with Gasteiger partial charge in [-0.3, -0.25) is 0 Å². The van der Waals surface area contributed by atoms with Gasteiger partial charge in [0.15, 0.2) is 0 Å². The number of rotatable bonds is 4. The van der Waals surface area contributed by atoms with E-state index in [1.807, 2.05) is 0 Å². The normalized spacial score (nSPS) is 9.71. The number of carboxylic acids is 1. The molecule has 0 heterocycles. The summed E-state index contributed by atoms with van der Waals surface area (Å²) in [5.74, 6) is -1.06. The summed E-state index contributed by atoms with van der Waals surface area (Å²) in [6.07, 6.45) is 0.749. The van der Waals surface area contributed by atoms with E-state index in [2.05, 4.69) is 6.58 Å². The van der Waals surface area contributed by atoms with Crippen molar-refractivity contribution in [3.63, 3.8) is 0 Å². The lowest BCUT2D eigenvalue weighted by atomic mass is 10.1. The maximum absolute atomic E-state index is 10.3. The van der Waals surface area contributed by atoms with Gasteiger partial charge in [-0.2, -0.15) is 0 Å². The van der Waals surface area contributed by atoms with Gasteiger partial charge in [0.1, 0.15) is 5.75 Å². The molecule has 0 saturated heterocycles. The van der Waals surface area contributed by atoms with Crippen LogP contribution in [0.25, 0.3) is 0 Å². The van der Waals surface area contributed by atoms with Crippen LogP contribution in [0.5, 0.6) is 5.75 Å². The molecule has 0 aromatic heterocycles. The van der Waals surface area contributed by atoms with Gasteiger partial charge in [-0.05, 0) is 30.0 Å². The molecule has 0 amide bonds. The van der Waals surface area contributed by atoms with Gasteiger partial charge in [-0.15, -0.1) is 0 Å².